The highest BCUT2D eigenvalue weighted by Gasteiger charge is 2.03. The van der Waals surface area contributed by atoms with Crippen LogP contribution in [-0.2, 0) is 14.3 Å². The molecule has 0 rings (SSSR count). The number of carboxylic acid groups (broad SMARTS) is 1. The molecule has 25 heavy (non-hydrogen) atoms. The highest BCUT2D eigenvalue weighted by Crippen LogP contribution is 2.18. The van der Waals surface area contributed by atoms with Crippen LogP contribution in [0.2, 0.25) is 0 Å². The Morgan fingerprint density at radius 3 is 1.60 bits per heavy atom. The molecule has 1 atom stereocenters. The van der Waals surface area contributed by atoms with Crippen LogP contribution in [0.5, 0.6) is 0 Å². The molecule has 0 aromatic rings. The number of esters is 1. The van der Waals surface area contributed by atoms with Gasteiger partial charge in [0.2, 0.25) is 0 Å². The first kappa shape index (κ1) is 26.1. The average Bonchev–Trinajstić information content (AvgIpc) is 2.55. The number of carbonyl (C=O) groups is 2. The third kappa shape index (κ3) is 20.9. The first-order valence-corrected chi connectivity index (χ1v) is 9.85. The average molecular weight is 360 g/mol. The molecule has 0 aliphatic carbocycles. The van der Waals surface area contributed by atoms with E-state index in [-0.39, 0.29) is 12.1 Å². The van der Waals surface area contributed by atoms with E-state index in [4.69, 9.17) is 5.11 Å². The first-order chi connectivity index (χ1) is 11.6. The van der Waals surface area contributed by atoms with E-state index in [0.29, 0.717) is 12.8 Å². The molecule has 5 nitrogen and oxygen atoms in total. The molecule has 0 radical (unpaired) electrons. The molecular weight excluding hydrogens is 318 g/mol. The normalized spacial score (nSPS) is 11.6. The van der Waals surface area contributed by atoms with Gasteiger partial charge in [-0.1, -0.05) is 77.6 Å². The van der Waals surface area contributed by atoms with Gasteiger partial charge in [-0.15, -0.1) is 0 Å². The van der Waals surface area contributed by atoms with E-state index in [9.17, 15) is 9.59 Å². The van der Waals surface area contributed by atoms with Crippen molar-refractivity contribution >= 4 is 11.9 Å². The van der Waals surface area contributed by atoms with Crippen LogP contribution in [0.1, 0.15) is 103 Å². The lowest BCUT2D eigenvalue weighted by Crippen LogP contribution is -1.99. The Balaban J connectivity index is 0. The Bertz CT molecular complexity index is 321. The maximum Gasteiger partial charge on any atom is 0.305 e. The molecule has 0 aromatic heterocycles. The topological polar surface area (TPSA) is 98.6 Å². The molecule has 150 valence electrons. The summed E-state index contributed by atoms with van der Waals surface area (Å²) < 4.78 is 4.63. The summed E-state index contributed by atoms with van der Waals surface area (Å²) in [6.45, 7) is 2.35. The lowest BCUT2D eigenvalue weighted by Gasteiger charge is -2.11. The Labute approximate surface area is 154 Å². The second-order valence-corrected chi connectivity index (χ2v) is 7.04. The van der Waals surface area contributed by atoms with Crippen molar-refractivity contribution in [3.8, 4) is 0 Å². The van der Waals surface area contributed by atoms with E-state index in [1.807, 2.05) is 0 Å². The van der Waals surface area contributed by atoms with Crippen LogP contribution in [0, 0.1) is 5.92 Å². The van der Waals surface area contributed by atoms with Crippen molar-refractivity contribution in [2.45, 2.75) is 103 Å². The van der Waals surface area contributed by atoms with Crippen LogP contribution in [0.15, 0.2) is 0 Å². The van der Waals surface area contributed by atoms with Crippen LogP contribution >= 0.6 is 0 Å². The van der Waals surface area contributed by atoms with Crippen molar-refractivity contribution in [2.24, 2.45) is 5.92 Å². The summed E-state index contributed by atoms with van der Waals surface area (Å²) in [6.07, 6.45) is 16.3. The van der Waals surface area contributed by atoms with E-state index in [1.165, 1.54) is 64.9 Å². The Kier molecular flexibility index (Phi) is 20.1. The van der Waals surface area contributed by atoms with Gasteiger partial charge in [0.15, 0.2) is 0 Å². The third-order valence-corrected chi connectivity index (χ3v) is 4.64. The SMILES string of the molecule is COC(=O)CCCCCCCCC(C)CCCCCCCC(=O)O.N. The molecule has 0 aliphatic rings. The molecule has 0 heterocycles. The van der Waals surface area contributed by atoms with Gasteiger partial charge in [-0.25, -0.2) is 0 Å². The number of hydrogen-bond acceptors (Lipinski definition) is 4. The molecule has 0 fully saturated rings. The first-order valence-electron chi connectivity index (χ1n) is 9.85. The molecule has 0 bridgehead atoms. The fraction of sp³-hybridized carbons (Fsp3) is 0.900. The zero-order valence-corrected chi connectivity index (χ0v) is 16.6. The Morgan fingerprint density at radius 2 is 1.16 bits per heavy atom. The number of hydrogen-bond donors (Lipinski definition) is 2. The second kappa shape index (κ2) is 19.2. The van der Waals surface area contributed by atoms with Crippen LogP contribution in [0.4, 0.5) is 0 Å². The van der Waals surface area contributed by atoms with Crippen molar-refractivity contribution in [1.29, 1.82) is 0 Å². The van der Waals surface area contributed by atoms with Gasteiger partial charge < -0.3 is 16.0 Å². The molecule has 0 aliphatic heterocycles. The number of carboxylic acids is 1. The number of ether oxygens (including phenoxy) is 1. The van der Waals surface area contributed by atoms with Crippen LogP contribution in [0.3, 0.4) is 0 Å². The van der Waals surface area contributed by atoms with Crippen molar-refractivity contribution < 1.29 is 19.4 Å². The van der Waals surface area contributed by atoms with Crippen molar-refractivity contribution in [3.63, 3.8) is 0 Å². The summed E-state index contributed by atoms with van der Waals surface area (Å²) >= 11 is 0. The number of carbonyl (C=O) groups excluding carboxylic acids is 1. The van der Waals surface area contributed by atoms with E-state index in [1.54, 1.807) is 0 Å². The fourth-order valence-electron chi connectivity index (χ4n) is 3.01. The number of methoxy groups -OCH3 is 1. The van der Waals surface area contributed by atoms with Gasteiger partial charge >= 0.3 is 11.9 Å². The predicted molar refractivity (Wildman–Crippen MR) is 103 cm³/mol. The van der Waals surface area contributed by atoms with Crippen LogP contribution in [-0.4, -0.2) is 24.2 Å². The minimum atomic E-state index is -0.674. The Morgan fingerprint density at radius 1 is 0.760 bits per heavy atom. The zero-order valence-electron chi connectivity index (χ0n) is 16.6. The molecule has 4 N–H and O–H groups in total. The monoisotopic (exact) mass is 359 g/mol. The molecular formula is C20H41NO4. The maximum absolute atomic E-state index is 11.0. The third-order valence-electron chi connectivity index (χ3n) is 4.64. The fourth-order valence-corrected chi connectivity index (χ4v) is 3.01. The highest BCUT2D eigenvalue weighted by molar-refractivity contribution is 5.68. The summed E-state index contributed by atoms with van der Waals surface area (Å²) in [5.74, 6) is 0.0427. The van der Waals surface area contributed by atoms with Gasteiger partial charge in [-0.05, 0) is 18.8 Å². The molecule has 0 spiro atoms. The van der Waals surface area contributed by atoms with E-state index < -0.39 is 5.97 Å². The van der Waals surface area contributed by atoms with Crippen molar-refractivity contribution in [3.05, 3.63) is 0 Å². The molecule has 0 amide bonds. The lowest BCUT2D eigenvalue weighted by atomic mass is 9.96. The quantitative estimate of drug-likeness (QED) is 0.249. The minimum absolute atomic E-state index is 0. The summed E-state index contributed by atoms with van der Waals surface area (Å²) in [5, 5.41) is 8.57. The van der Waals surface area contributed by atoms with Gasteiger partial charge in [0.25, 0.3) is 0 Å². The van der Waals surface area contributed by atoms with Crippen LogP contribution < -0.4 is 6.15 Å². The maximum atomic E-state index is 11.0. The number of aliphatic carboxylic acids is 1. The van der Waals surface area contributed by atoms with Crippen LogP contribution in [0.25, 0.3) is 0 Å². The number of unbranched alkanes of at least 4 members (excludes halogenated alkanes) is 9. The summed E-state index contributed by atoms with van der Waals surface area (Å²) in [5.41, 5.74) is 0. The van der Waals surface area contributed by atoms with E-state index >= 15 is 0 Å². The second-order valence-electron chi connectivity index (χ2n) is 7.04. The summed E-state index contributed by atoms with van der Waals surface area (Å²) in [7, 11) is 1.45. The number of rotatable bonds is 17. The largest absolute Gasteiger partial charge is 0.481 e. The Hall–Kier alpha value is -1.10. The molecule has 0 saturated carbocycles. The smallest absolute Gasteiger partial charge is 0.305 e. The summed E-state index contributed by atoms with van der Waals surface area (Å²) in [6, 6.07) is 0. The standard InChI is InChI=1S/C20H38O4.H3N/c1-18(15-11-7-5-8-12-16-19(21)22)14-10-6-3-4-9-13-17-20(23)24-2;/h18H,3-17H2,1-2H3,(H,21,22);1H3. The molecule has 1 unspecified atom stereocenters. The predicted octanol–water partition coefficient (Wildman–Crippen LogP) is 5.89. The molecule has 0 aromatic carbocycles. The van der Waals surface area contributed by atoms with E-state index in [0.717, 1.165) is 31.6 Å². The zero-order chi connectivity index (χ0) is 18.0. The van der Waals surface area contributed by atoms with Gasteiger partial charge in [-0.2, -0.15) is 0 Å². The molecule has 5 heteroatoms. The van der Waals surface area contributed by atoms with Gasteiger partial charge in [0, 0.05) is 12.8 Å². The van der Waals surface area contributed by atoms with E-state index in [2.05, 4.69) is 11.7 Å². The summed E-state index contributed by atoms with van der Waals surface area (Å²) in [4.78, 5) is 21.4. The van der Waals surface area contributed by atoms with Gasteiger partial charge in [0.05, 0.1) is 7.11 Å². The van der Waals surface area contributed by atoms with Crippen molar-refractivity contribution in [1.82, 2.24) is 6.15 Å². The molecule has 0 saturated heterocycles. The minimum Gasteiger partial charge on any atom is -0.481 e. The van der Waals surface area contributed by atoms with Crippen molar-refractivity contribution in [2.75, 3.05) is 7.11 Å². The van der Waals surface area contributed by atoms with Gasteiger partial charge in [-0.3, -0.25) is 9.59 Å². The highest BCUT2D eigenvalue weighted by atomic mass is 16.5. The van der Waals surface area contributed by atoms with Gasteiger partial charge in [0.1, 0.15) is 0 Å². The lowest BCUT2D eigenvalue weighted by molar-refractivity contribution is -0.141.